The number of likely N-dealkylation sites (N-methyl/N-ethyl adjacent to an activating group) is 1. The molecule has 3 rings (SSSR count). The summed E-state index contributed by atoms with van der Waals surface area (Å²) in [6.45, 7) is 2.19. The summed E-state index contributed by atoms with van der Waals surface area (Å²) in [4.78, 5) is 23.1. The predicted molar refractivity (Wildman–Crippen MR) is 144 cm³/mol. The molecule has 0 atom stereocenters. The van der Waals surface area contributed by atoms with Crippen LogP contribution in [0.15, 0.2) is 48.8 Å². The zero-order valence-corrected chi connectivity index (χ0v) is 22.4. The number of hydrogen-bond donors (Lipinski definition) is 2. The molecule has 1 heterocycles. The minimum absolute atomic E-state index is 0.00920. The van der Waals surface area contributed by atoms with Crippen molar-refractivity contribution in [1.82, 2.24) is 14.9 Å². The Morgan fingerprint density at radius 3 is 2.59 bits per heavy atom. The van der Waals surface area contributed by atoms with Crippen LogP contribution in [0.25, 0.3) is 10.9 Å². The first kappa shape index (κ1) is 29.9. The fourth-order valence-corrected chi connectivity index (χ4v) is 3.53. The Kier molecular flexibility index (Phi) is 10.7. The molecule has 0 saturated carbocycles. The Morgan fingerprint density at radius 1 is 1.10 bits per heavy atom. The Bertz CT molecular complexity index is 1300. The Labute approximate surface area is 228 Å². The van der Waals surface area contributed by atoms with E-state index in [9.17, 15) is 18.0 Å². The largest absolute Gasteiger partial charge is 0.489 e. The molecule has 1 amide bonds. The first-order valence-corrected chi connectivity index (χ1v) is 12.3. The van der Waals surface area contributed by atoms with E-state index in [1.54, 1.807) is 18.2 Å². The summed E-state index contributed by atoms with van der Waals surface area (Å²) in [5.41, 5.74) is 1.37. The normalized spacial score (nSPS) is 11.8. The van der Waals surface area contributed by atoms with E-state index in [4.69, 9.17) is 25.8 Å². The van der Waals surface area contributed by atoms with E-state index in [2.05, 4.69) is 20.6 Å². The molecule has 39 heavy (non-hydrogen) atoms. The van der Waals surface area contributed by atoms with Crippen molar-refractivity contribution in [2.45, 2.75) is 13.1 Å². The summed E-state index contributed by atoms with van der Waals surface area (Å²) in [5.74, 6) is 0.321. The quantitative estimate of drug-likeness (QED) is 0.208. The van der Waals surface area contributed by atoms with E-state index >= 15 is 0 Å². The lowest BCUT2D eigenvalue weighted by Gasteiger charge is -2.15. The van der Waals surface area contributed by atoms with E-state index < -0.39 is 12.8 Å². The third-order valence-electron chi connectivity index (χ3n) is 5.01. The molecule has 0 fully saturated rings. The standard InChI is InChI=1S/C26H29ClF3N5O4/c1-4-37-10-11-38-23-14-20-18(13-21(23)34-24(36)6-5-9-35(2)3)25(32-16-31-20)33-17-7-8-22(19(27)12-17)39-15-26(28,29)30/h5-8,12-14,16H,4,9-11,15H2,1-3H3,(H,34,36)(H,31,32,33)/b6-5+. The van der Waals surface area contributed by atoms with Crippen molar-refractivity contribution in [2.75, 3.05) is 57.7 Å². The molecular weight excluding hydrogens is 539 g/mol. The van der Waals surface area contributed by atoms with Gasteiger partial charge in [0.1, 0.15) is 30.3 Å². The number of amides is 1. The van der Waals surface area contributed by atoms with Gasteiger partial charge in [-0.05, 0) is 45.3 Å². The zero-order chi connectivity index (χ0) is 28.4. The number of ether oxygens (including phenoxy) is 3. The SMILES string of the molecule is CCOCCOc1cc2ncnc(Nc3ccc(OCC(F)(F)F)c(Cl)c3)c2cc1NC(=O)/C=C/CN(C)C. The van der Waals surface area contributed by atoms with Gasteiger partial charge in [0, 0.05) is 36.4 Å². The van der Waals surface area contributed by atoms with E-state index in [-0.39, 0.29) is 23.3 Å². The van der Waals surface area contributed by atoms with Crippen molar-refractivity contribution in [2.24, 2.45) is 0 Å². The fourth-order valence-electron chi connectivity index (χ4n) is 3.29. The second-order valence-electron chi connectivity index (χ2n) is 8.46. The van der Waals surface area contributed by atoms with Gasteiger partial charge in [-0.1, -0.05) is 17.7 Å². The van der Waals surface area contributed by atoms with Gasteiger partial charge in [0.25, 0.3) is 0 Å². The number of hydrogen-bond acceptors (Lipinski definition) is 8. The van der Waals surface area contributed by atoms with Gasteiger partial charge in [-0.15, -0.1) is 0 Å². The third kappa shape index (κ3) is 9.57. The molecule has 0 spiro atoms. The smallest absolute Gasteiger partial charge is 0.422 e. The highest BCUT2D eigenvalue weighted by Crippen LogP contribution is 2.35. The highest BCUT2D eigenvalue weighted by Gasteiger charge is 2.28. The Hall–Kier alpha value is -3.61. The van der Waals surface area contributed by atoms with Crippen LogP contribution in [0.1, 0.15) is 6.92 Å². The van der Waals surface area contributed by atoms with E-state index in [0.29, 0.717) is 53.6 Å². The third-order valence-corrected chi connectivity index (χ3v) is 5.31. The van der Waals surface area contributed by atoms with E-state index in [0.717, 1.165) is 0 Å². The van der Waals surface area contributed by atoms with Gasteiger partial charge in [0.05, 0.1) is 22.8 Å². The summed E-state index contributed by atoms with van der Waals surface area (Å²) in [6.07, 6.45) is 0.0213. The molecule has 0 radical (unpaired) electrons. The van der Waals surface area contributed by atoms with Gasteiger partial charge < -0.3 is 29.7 Å². The number of alkyl halides is 3. The molecule has 0 aliphatic rings. The van der Waals surface area contributed by atoms with E-state index in [1.807, 2.05) is 25.9 Å². The van der Waals surface area contributed by atoms with Gasteiger partial charge in [-0.2, -0.15) is 13.2 Å². The second kappa shape index (κ2) is 14.0. The predicted octanol–water partition coefficient (Wildman–Crippen LogP) is 5.44. The number of nitrogens with zero attached hydrogens (tertiary/aromatic N) is 3. The summed E-state index contributed by atoms with van der Waals surface area (Å²) in [5, 5.41) is 6.46. The average molecular weight is 568 g/mol. The van der Waals surface area contributed by atoms with Crippen LogP contribution in [-0.2, 0) is 9.53 Å². The van der Waals surface area contributed by atoms with Gasteiger partial charge >= 0.3 is 6.18 Å². The maximum absolute atomic E-state index is 12.6. The summed E-state index contributed by atoms with van der Waals surface area (Å²) >= 11 is 6.13. The molecule has 9 nitrogen and oxygen atoms in total. The number of halogens is 4. The van der Waals surface area contributed by atoms with Gasteiger partial charge in [-0.25, -0.2) is 9.97 Å². The van der Waals surface area contributed by atoms with Gasteiger partial charge in [0.15, 0.2) is 6.61 Å². The first-order valence-electron chi connectivity index (χ1n) is 11.9. The lowest BCUT2D eigenvalue weighted by atomic mass is 10.1. The number of aromatic nitrogens is 2. The van der Waals surface area contributed by atoms with Crippen molar-refractivity contribution >= 4 is 45.6 Å². The van der Waals surface area contributed by atoms with Crippen LogP contribution < -0.4 is 20.1 Å². The summed E-state index contributed by atoms with van der Waals surface area (Å²) < 4.78 is 53.4. The van der Waals surface area contributed by atoms with E-state index in [1.165, 1.54) is 30.6 Å². The minimum Gasteiger partial charge on any atom is -0.489 e. The van der Waals surface area contributed by atoms with Crippen LogP contribution in [0, 0.1) is 0 Å². The number of rotatable bonds is 13. The van der Waals surface area contributed by atoms with Crippen LogP contribution >= 0.6 is 11.6 Å². The van der Waals surface area contributed by atoms with Crippen LogP contribution in [0.4, 0.5) is 30.4 Å². The Morgan fingerprint density at radius 2 is 1.90 bits per heavy atom. The number of anilines is 3. The number of carbonyl (C=O) groups is 1. The minimum atomic E-state index is -4.49. The lowest BCUT2D eigenvalue weighted by molar-refractivity contribution is -0.153. The van der Waals surface area contributed by atoms with Crippen molar-refractivity contribution in [3.05, 3.63) is 53.8 Å². The average Bonchev–Trinajstić information content (AvgIpc) is 2.86. The summed E-state index contributed by atoms with van der Waals surface area (Å²) in [6, 6.07) is 7.61. The van der Waals surface area contributed by atoms with Crippen molar-refractivity contribution in [1.29, 1.82) is 0 Å². The van der Waals surface area contributed by atoms with Crippen LogP contribution in [-0.4, -0.2) is 74.0 Å². The van der Waals surface area contributed by atoms with Gasteiger partial charge in [0.2, 0.25) is 5.91 Å². The molecule has 0 aliphatic carbocycles. The fraction of sp³-hybridized carbons (Fsp3) is 0.346. The lowest BCUT2D eigenvalue weighted by Crippen LogP contribution is -2.19. The van der Waals surface area contributed by atoms with Crippen LogP contribution in [0.2, 0.25) is 5.02 Å². The van der Waals surface area contributed by atoms with Crippen molar-refractivity contribution < 1.29 is 32.2 Å². The molecule has 2 aromatic carbocycles. The molecule has 0 bridgehead atoms. The van der Waals surface area contributed by atoms with Crippen molar-refractivity contribution in [3.8, 4) is 11.5 Å². The van der Waals surface area contributed by atoms with Gasteiger partial charge in [-0.3, -0.25) is 4.79 Å². The molecule has 0 saturated heterocycles. The summed E-state index contributed by atoms with van der Waals surface area (Å²) in [7, 11) is 3.78. The molecule has 0 aliphatic heterocycles. The molecule has 0 unspecified atom stereocenters. The van der Waals surface area contributed by atoms with Crippen LogP contribution in [0.5, 0.6) is 11.5 Å². The van der Waals surface area contributed by atoms with Crippen molar-refractivity contribution in [3.63, 3.8) is 0 Å². The molecule has 3 aromatic rings. The first-order chi connectivity index (χ1) is 18.6. The number of nitrogens with one attached hydrogen (secondary N) is 2. The highest BCUT2D eigenvalue weighted by atomic mass is 35.5. The maximum Gasteiger partial charge on any atom is 0.422 e. The number of fused-ring (bicyclic) bond motifs is 1. The zero-order valence-electron chi connectivity index (χ0n) is 21.6. The molecule has 13 heteroatoms. The molecule has 2 N–H and O–H groups in total. The number of benzene rings is 2. The molecular formula is C26H29ClF3N5O4. The monoisotopic (exact) mass is 567 g/mol. The number of carbonyl (C=O) groups excluding carboxylic acids is 1. The molecule has 1 aromatic heterocycles. The molecule has 210 valence electrons. The van der Waals surface area contributed by atoms with Crippen LogP contribution in [0.3, 0.4) is 0 Å². The highest BCUT2D eigenvalue weighted by molar-refractivity contribution is 6.32. The Balaban J connectivity index is 1.89. The maximum atomic E-state index is 12.6. The topological polar surface area (TPSA) is 97.8 Å². The second-order valence-corrected chi connectivity index (χ2v) is 8.87.